The summed E-state index contributed by atoms with van der Waals surface area (Å²) < 4.78 is 1.78. The average molecular weight is 145 g/mol. The van der Waals surface area contributed by atoms with Crippen molar-refractivity contribution in [1.29, 1.82) is 0 Å². The van der Waals surface area contributed by atoms with Gasteiger partial charge >= 0.3 is 0 Å². The minimum atomic E-state index is 1.47. The van der Waals surface area contributed by atoms with Gasteiger partial charge in [-0.25, -0.2) is 4.98 Å². The standard InChI is InChI=1S/C5H6N2.CH3Cl/c1-2-7-4-3-6-5-7;1-2/h2-5H,1H2;1H3. The maximum atomic E-state index is 4.64. The Morgan fingerprint density at radius 1 is 1.67 bits per heavy atom. The quantitative estimate of drug-likeness (QED) is 0.550. The van der Waals surface area contributed by atoms with Gasteiger partial charge in [0.1, 0.15) is 0 Å². The Labute approximate surface area is 59.8 Å². The second-order valence-corrected chi connectivity index (χ2v) is 1.19. The van der Waals surface area contributed by atoms with E-state index >= 15 is 0 Å². The first-order valence-corrected chi connectivity index (χ1v) is 3.17. The fraction of sp³-hybridized carbons (Fsp3) is 0.167. The molecule has 1 heterocycles. The number of hydrogen-bond donors (Lipinski definition) is 0. The molecule has 2 nitrogen and oxygen atoms in total. The summed E-state index contributed by atoms with van der Waals surface area (Å²) in [4.78, 5) is 3.78. The van der Waals surface area contributed by atoms with Crippen molar-refractivity contribution in [1.82, 2.24) is 9.55 Å². The van der Waals surface area contributed by atoms with Crippen LogP contribution in [0.2, 0.25) is 0 Å². The van der Waals surface area contributed by atoms with Gasteiger partial charge in [-0.15, -0.1) is 11.6 Å². The fourth-order valence-corrected chi connectivity index (χ4v) is 0.377. The molecule has 0 N–H and O–H groups in total. The zero-order chi connectivity index (χ0) is 7.11. The number of aromatic nitrogens is 2. The molecule has 0 fully saturated rings. The van der Waals surface area contributed by atoms with Crippen molar-refractivity contribution < 1.29 is 0 Å². The molecule has 0 aliphatic heterocycles. The van der Waals surface area contributed by atoms with Crippen molar-refractivity contribution in [3.63, 3.8) is 0 Å². The molecule has 0 aliphatic rings. The molecule has 9 heavy (non-hydrogen) atoms. The van der Waals surface area contributed by atoms with Gasteiger partial charge in [-0.1, -0.05) is 6.58 Å². The molecule has 0 saturated heterocycles. The van der Waals surface area contributed by atoms with Crippen LogP contribution in [0.3, 0.4) is 0 Å². The predicted octanol–water partition coefficient (Wildman–Crippen LogP) is 1.84. The molecule has 1 rings (SSSR count). The minimum Gasteiger partial charge on any atom is -0.314 e. The van der Waals surface area contributed by atoms with Gasteiger partial charge in [-0.05, 0) is 0 Å². The first-order valence-electron chi connectivity index (χ1n) is 2.41. The fourth-order valence-electron chi connectivity index (χ4n) is 0.377. The van der Waals surface area contributed by atoms with Crippen LogP contribution in [-0.4, -0.2) is 15.9 Å². The Bertz CT molecular complexity index is 146. The van der Waals surface area contributed by atoms with E-state index in [1.165, 1.54) is 6.38 Å². The van der Waals surface area contributed by atoms with E-state index in [0.29, 0.717) is 0 Å². The topological polar surface area (TPSA) is 17.8 Å². The Morgan fingerprint density at radius 3 is 2.56 bits per heavy atom. The number of halogens is 1. The van der Waals surface area contributed by atoms with Crippen molar-refractivity contribution in [3.05, 3.63) is 25.3 Å². The third kappa shape index (κ3) is 2.93. The summed E-state index contributed by atoms with van der Waals surface area (Å²) in [7, 11) is 0. The van der Waals surface area contributed by atoms with Gasteiger partial charge in [0, 0.05) is 25.0 Å². The van der Waals surface area contributed by atoms with Crippen LogP contribution in [0.5, 0.6) is 0 Å². The smallest absolute Gasteiger partial charge is 0.0986 e. The zero-order valence-corrected chi connectivity index (χ0v) is 6.04. The van der Waals surface area contributed by atoms with Gasteiger partial charge in [0.25, 0.3) is 0 Å². The first-order chi connectivity index (χ1) is 4.43. The van der Waals surface area contributed by atoms with Gasteiger partial charge in [0.2, 0.25) is 0 Å². The highest BCUT2D eigenvalue weighted by Gasteiger charge is 1.73. The average Bonchev–Trinajstić information content (AvgIpc) is 2.43. The van der Waals surface area contributed by atoms with E-state index in [1.54, 1.807) is 23.3 Å². The van der Waals surface area contributed by atoms with Crippen molar-refractivity contribution >= 4 is 17.8 Å². The second-order valence-electron chi connectivity index (χ2n) is 1.19. The van der Waals surface area contributed by atoms with E-state index in [9.17, 15) is 0 Å². The Balaban J connectivity index is 0.000000291. The molecule has 0 atom stereocenters. The summed E-state index contributed by atoms with van der Waals surface area (Å²) in [5, 5.41) is 0. The van der Waals surface area contributed by atoms with Crippen LogP contribution in [0.25, 0.3) is 6.20 Å². The third-order valence-electron chi connectivity index (χ3n) is 0.736. The van der Waals surface area contributed by atoms with Crippen molar-refractivity contribution in [2.24, 2.45) is 0 Å². The predicted molar refractivity (Wildman–Crippen MR) is 40.4 cm³/mol. The number of rotatable bonds is 1. The van der Waals surface area contributed by atoms with Gasteiger partial charge in [0.05, 0.1) is 6.33 Å². The molecule has 3 heteroatoms. The van der Waals surface area contributed by atoms with Crippen molar-refractivity contribution in [2.75, 3.05) is 6.38 Å². The van der Waals surface area contributed by atoms with E-state index < -0.39 is 0 Å². The third-order valence-corrected chi connectivity index (χ3v) is 0.736. The number of nitrogens with zero attached hydrogens (tertiary/aromatic N) is 2. The highest BCUT2D eigenvalue weighted by Crippen LogP contribution is 1.81. The molecule has 1 aromatic rings. The lowest BCUT2D eigenvalue weighted by molar-refractivity contribution is 1.14. The molecule has 0 aliphatic carbocycles. The summed E-state index contributed by atoms with van der Waals surface area (Å²) >= 11 is 4.64. The molecular formula is C6H9ClN2. The van der Waals surface area contributed by atoms with E-state index in [1.807, 2.05) is 6.20 Å². The largest absolute Gasteiger partial charge is 0.314 e. The minimum absolute atomic E-state index is 1.47. The molecular weight excluding hydrogens is 136 g/mol. The van der Waals surface area contributed by atoms with E-state index in [4.69, 9.17) is 0 Å². The molecule has 0 spiro atoms. The molecule has 1 aromatic heterocycles. The van der Waals surface area contributed by atoms with Gasteiger partial charge in [-0.2, -0.15) is 0 Å². The van der Waals surface area contributed by atoms with Crippen LogP contribution in [0.1, 0.15) is 0 Å². The van der Waals surface area contributed by atoms with Gasteiger partial charge in [0.15, 0.2) is 0 Å². The molecule has 0 unspecified atom stereocenters. The summed E-state index contributed by atoms with van der Waals surface area (Å²) in [5.74, 6) is 0. The first kappa shape index (κ1) is 8.24. The van der Waals surface area contributed by atoms with Crippen LogP contribution in [0, 0.1) is 0 Å². The van der Waals surface area contributed by atoms with Crippen LogP contribution < -0.4 is 0 Å². The zero-order valence-electron chi connectivity index (χ0n) is 5.29. The molecule has 0 aromatic carbocycles. The normalized spacial score (nSPS) is 7.33. The lowest BCUT2D eigenvalue weighted by atomic mass is 10.9. The number of hydrogen-bond acceptors (Lipinski definition) is 1. The van der Waals surface area contributed by atoms with Crippen LogP contribution >= 0.6 is 11.6 Å². The van der Waals surface area contributed by atoms with E-state index in [2.05, 4.69) is 23.2 Å². The SMILES string of the molecule is C=Cn1ccnc1.CCl. The Morgan fingerprint density at radius 2 is 2.33 bits per heavy atom. The van der Waals surface area contributed by atoms with E-state index in [-0.39, 0.29) is 0 Å². The summed E-state index contributed by atoms with van der Waals surface area (Å²) in [5.41, 5.74) is 0. The lowest BCUT2D eigenvalue weighted by Crippen LogP contribution is -1.73. The summed E-state index contributed by atoms with van der Waals surface area (Å²) in [6.45, 7) is 3.53. The van der Waals surface area contributed by atoms with Crippen molar-refractivity contribution in [3.8, 4) is 0 Å². The summed E-state index contributed by atoms with van der Waals surface area (Å²) in [6, 6.07) is 0. The molecule has 50 valence electrons. The molecule has 0 saturated carbocycles. The molecule has 0 bridgehead atoms. The van der Waals surface area contributed by atoms with Gasteiger partial charge in [-0.3, -0.25) is 0 Å². The van der Waals surface area contributed by atoms with Crippen LogP contribution in [0.15, 0.2) is 25.3 Å². The number of alkyl halides is 1. The van der Waals surface area contributed by atoms with Gasteiger partial charge < -0.3 is 4.57 Å². The molecule has 0 radical (unpaired) electrons. The Kier molecular flexibility index (Phi) is 4.92. The van der Waals surface area contributed by atoms with Crippen LogP contribution in [0.4, 0.5) is 0 Å². The van der Waals surface area contributed by atoms with Crippen LogP contribution in [-0.2, 0) is 0 Å². The van der Waals surface area contributed by atoms with Crippen molar-refractivity contribution in [2.45, 2.75) is 0 Å². The molecule has 0 amide bonds. The second kappa shape index (κ2) is 5.38. The highest BCUT2D eigenvalue weighted by atomic mass is 35.5. The maximum Gasteiger partial charge on any atom is 0.0986 e. The summed E-state index contributed by atoms with van der Waals surface area (Å²) in [6.07, 6.45) is 8.38. The highest BCUT2D eigenvalue weighted by molar-refractivity contribution is 6.15. The monoisotopic (exact) mass is 144 g/mol. The number of imidazole rings is 1. The maximum absolute atomic E-state index is 4.64. The Hall–Kier alpha value is -0.760. The lowest BCUT2D eigenvalue weighted by Gasteiger charge is -1.80. The van der Waals surface area contributed by atoms with E-state index in [0.717, 1.165) is 0 Å².